The Morgan fingerprint density at radius 2 is 1.79 bits per heavy atom. The Labute approximate surface area is 205 Å². The molecule has 2 atom stereocenters. The van der Waals surface area contributed by atoms with Gasteiger partial charge in [-0.2, -0.15) is 0 Å². The van der Waals surface area contributed by atoms with Crippen LogP contribution in [0.5, 0.6) is 0 Å². The zero-order valence-electron chi connectivity index (χ0n) is 17.5. The fourth-order valence-electron chi connectivity index (χ4n) is 3.49. The molecule has 1 aliphatic heterocycles. The van der Waals surface area contributed by atoms with E-state index in [1.54, 1.807) is 11.0 Å². The third-order valence-corrected chi connectivity index (χ3v) is 6.76. The molecule has 0 aliphatic carbocycles. The summed E-state index contributed by atoms with van der Waals surface area (Å²) in [5.74, 6) is -0.745. The topological polar surface area (TPSA) is 130 Å². The molecule has 0 aromatic heterocycles. The summed E-state index contributed by atoms with van der Waals surface area (Å²) in [7, 11) is -1.65. The van der Waals surface area contributed by atoms with Crippen LogP contribution in [0.4, 0.5) is 10.5 Å². The molecule has 1 fully saturated rings. The van der Waals surface area contributed by atoms with Gasteiger partial charge in [0.15, 0.2) is 0 Å². The molecule has 0 radical (unpaired) electrons. The molecule has 1 aliphatic rings. The van der Waals surface area contributed by atoms with Crippen molar-refractivity contribution >= 4 is 64.8 Å². The lowest BCUT2D eigenvalue weighted by molar-refractivity contribution is -0.130. The number of rotatable bonds is 7. The van der Waals surface area contributed by atoms with Crippen LogP contribution in [0.1, 0.15) is 12.0 Å². The lowest BCUT2D eigenvalue weighted by Gasteiger charge is -2.27. The van der Waals surface area contributed by atoms with Crippen molar-refractivity contribution in [2.45, 2.75) is 16.5 Å². The predicted molar refractivity (Wildman–Crippen MR) is 133 cm³/mol. The first-order valence-corrected chi connectivity index (χ1v) is 11.4. The SMILES string of the molecule is O=C(O)NC1CCN(C(=O)CN(C(=O)C=Cc2ccccc2)c2ccc(B(O)O)cc2)C1I. The number of alkyl halides is 1. The Bertz CT molecular complexity index is 1020. The standard InChI is InChI=1S/C22H23BIN3O6/c24-21-18(25-22(30)31)12-13-26(21)20(29)14-27(17-9-7-16(8-10-17)23(32)33)19(28)11-6-15-4-2-1-3-5-15/h1-11,18,21,25,32-33H,12-14H2,(H,30,31). The number of hydrogen-bond donors (Lipinski definition) is 4. The summed E-state index contributed by atoms with van der Waals surface area (Å²) in [5.41, 5.74) is 1.50. The van der Waals surface area contributed by atoms with Gasteiger partial charge >= 0.3 is 13.2 Å². The maximum absolute atomic E-state index is 13.1. The van der Waals surface area contributed by atoms with Crippen molar-refractivity contribution < 1.29 is 29.5 Å². The Morgan fingerprint density at radius 3 is 2.39 bits per heavy atom. The molecular formula is C22H23BIN3O6. The van der Waals surface area contributed by atoms with Crippen LogP contribution in [-0.4, -0.2) is 68.3 Å². The lowest BCUT2D eigenvalue weighted by Crippen LogP contribution is -2.47. The van der Waals surface area contributed by atoms with E-state index in [9.17, 15) is 24.4 Å². The van der Waals surface area contributed by atoms with Crippen molar-refractivity contribution in [3.63, 3.8) is 0 Å². The Morgan fingerprint density at radius 1 is 1.12 bits per heavy atom. The summed E-state index contributed by atoms with van der Waals surface area (Å²) in [6.07, 6.45) is 2.36. The van der Waals surface area contributed by atoms with E-state index < -0.39 is 19.1 Å². The van der Waals surface area contributed by atoms with Crippen molar-refractivity contribution in [2.24, 2.45) is 0 Å². The quantitative estimate of drug-likeness (QED) is 0.131. The number of carboxylic acid groups (broad SMARTS) is 1. The van der Waals surface area contributed by atoms with E-state index in [0.717, 1.165) is 5.56 Å². The average Bonchev–Trinajstić information content (AvgIpc) is 3.16. The molecule has 2 unspecified atom stereocenters. The smallest absolute Gasteiger partial charge is 0.465 e. The second-order valence-electron chi connectivity index (χ2n) is 7.44. The van der Waals surface area contributed by atoms with E-state index in [2.05, 4.69) is 5.32 Å². The van der Waals surface area contributed by atoms with Gasteiger partial charge in [-0.15, -0.1) is 0 Å². The maximum Gasteiger partial charge on any atom is 0.488 e. The summed E-state index contributed by atoms with van der Waals surface area (Å²) in [5, 5.41) is 30.1. The molecule has 0 spiro atoms. The molecule has 2 aromatic carbocycles. The summed E-state index contributed by atoms with van der Waals surface area (Å²) in [6.45, 7) is 0.118. The number of amides is 3. The Hall–Kier alpha value is -2.90. The van der Waals surface area contributed by atoms with E-state index in [-0.39, 0.29) is 28.0 Å². The Kier molecular flexibility index (Phi) is 8.47. The van der Waals surface area contributed by atoms with Crippen LogP contribution in [0.3, 0.4) is 0 Å². The number of anilines is 1. The van der Waals surface area contributed by atoms with E-state index in [4.69, 9.17) is 5.11 Å². The second-order valence-corrected chi connectivity index (χ2v) is 8.71. The van der Waals surface area contributed by atoms with E-state index >= 15 is 0 Å². The van der Waals surface area contributed by atoms with Crippen molar-refractivity contribution in [1.82, 2.24) is 10.2 Å². The van der Waals surface area contributed by atoms with Gasteiger partial charge in [-0.05, 0) is 35.7 Å². The molecule has 0 bridgehead atoms. The molecule has 1 saturated heterocycles. The van der Waals surface area contributed by atoms with Crippen molar-refractivity contribution in [1.29, 1.82) is 0 Å². The average molecular weight is 563 g/mol. The maximum atomic E-state index is 13.1. The van der Waals surface area contributed by atoms with Crippen LogP contribution in [0.15, 0.2) is 60.7 Å². The number of benzene rings is 2. The summed E-state index contributed by atoms with van der Waals surface area (Å²) in [4.78, 5) is 40.0. The van der Waals surface area contributed by atoms with Gasteiger partial charge in [0.1, 0.15) is 10.6 Å². The molecule has 11 heteroatoms. The third-order valence-electron chi connectivity index (χ3n) is 5.22. The molecule has 0 saturated carbocycles. The van der Waals surface area contributed by atoms with Crippen LogP contribution >= 0.6 is 22.6 Å². The fraction of sp³-hybridized carbons (Fsp3) is 0.227. The largest absolute Gasteiger partial charge is 0.488 e. The van der Waals surface area contributed by atoms with Crippen LogP contribution in [-0.2, 0) is 9.59 Å². The molecule has 4 N–H and O–H groups in total. The van der Waals surface area contributed by atoms with E-state index in [0.29, 0.717) is 18.7 Å². The number of nitrogens with one attached hydrogen (secondary N) is 1. The molecule has 172 valence electrons. The van der Waals surface area contributed by atoms with Gasteiger partial charge in [-0.25, -0.2) is 4.79 Å². The molecule has 3 rings (SSSR count). The van der Waals surface area contributed by atoms with Gasteiger partial charge in [0, 0.05) is 18.3 Å². The minimum Gasteiger partial charge on any atom is -0.465 e. The number of halogens is 1. The molecule has 2 aromatic rings. The zero-order chi connectivity index (χ0) is 24.0. The number of carbonyl (C=O) groups is 3. The van der Waals surface area contributed by atoms with Crippen molar-refractivity contribution in [3.8, 4) is 0 Å². The summed E-state index contributed by atoms with van der Waals surface area (Å²) >= 11 is 2.03. The zero-order valence-corrected chi connectivity index (χ0v) is 19.7. The highest BCUT2D eigenvalue weighted by atomic mass is 127. The van der Waals surface area contributed by atoms with Gasteiger partial charge in [-0.1, -0.05) is 65.1 Å². The van der Waals surface area contributed by atoms with Crippen molar-refractivity contribution in [2.75, 3.05) is 18.0 Å². The predicted octanol–water partition coefficient (Wildman–Crippen LogP) is 1.04. The van der Waals surface area contributed by atoms with Gasteiger partial charge < -0.3 is 25.4 Å². The monoisotopic (exact) mass is 563 g/mol. The number of carbonyl (C=O) groups excluding carboxylic acids is 2. The van der Waals surface area contributed by atoms with Crippen molar-refractivity contribution in [3.05, 3.63) is 66.2 Å². The minimum absolute atomic E-state index is 0.252. The van der Waals surface area contributed by atoms with Gasteiger partial charge in [0.25, 0.3) is 5.91 Å². The Balaban J connectivity index is 1.80. The fourth-order valence-corrected chi connectivity index (χ4v) is 4.62. The highest BCUT2D eigenvalue weighted by Gasteiger charge is 2.37. The number of hydrogen-bond acceptors (Lipinski definition) is 5. The van der Waals surface area contributed by atoms with Crippen LogP contribution in [0.25, 0.3) is 6.08 Å². The molecular weight excluding hydrogens is 540 g/mol. The normalized spacial score (nSPS) is 17.7. The van der Waals surface area contributed by atoms with Gasteiger partial charge in [0.2, 0.25) is 5.91 Å². The molecule has 9 nitrogen and oxygen atoms in total. The van der Waals surface area contributed by atoms with E-state index in [1.165, 1.54) is 35.2 Å². The third kappa shape index (κ3) is 6.56. The van der Waals surface area contributed by atoms with Crippen LogP contribution in [0.2, 0.25) is 0 Å². The summed E-state index contributed by atoms with van der Waals surface area (Å²) < 4.78 is -0.380. The van der Waals surface area contributed by atoms with E-state index in [1.807, 2.05) is 52.9 Å². The molecule has 3 amide bonds. The van der Waals surface area contributed by atoms with Gasteiger partial charge in [0.05, 0.1) is 6.04 Å². The first-order chi connectivity index (χ1) is 15.8. The van der Waals surface area contributed by atoms with Crippen LogP contribution < -0.4 is 15.7 Å². The second kappa shape index (κ2) is 11.3. The number of nitrogens with zero attached hydrogens (tertiary/aromatic N) is 2. The lowest BCUT2D eigenvalue weighted by atomic mass is 9.80. The minimum atomic E-state index is -1.65. The first-order valence-electron chi connectivity index (χ1n) is 10.2. The highest BCUT2D eigenvalue weighted by molar-refractivity contribution is 14.1. The molecule has 33 heavy (non-hydrogen) atoms. The highest BCUT2D eigenvalue weighted by Crippen LogP contribution is 2.25. The first kappa shape index (κ1) is 24.7. The van der Waals surface area contributed by atoms with Crippen LogP contribution in [0, 0.1) is 0 Å². The number of likely N-dealkylation sites (tertiary alicyclic amines) is 1. The van der Waals surface area contributed by atoms with Gasteiger partial charge in [-0.3, -0.25) is 14.5 Å². The molecule has 1 heterocycles. The summed E-state index contributed by atoms with van der Waals surface area (Å²) in [6, 6.07) is 14.9.